The largest absolute Gasteiger partial charge is 0.467 e. The number of hydrogen-bond donors (Lipinski definition) is 1. The molecule has 21 heavy (non-hydrogen) atoms. The lowest BCUT2D eigenvalue weighted by Crippen LogP contribution is -2.27. The van der Waals surface area contributed by atoms with Gasteiger partial charge in [-0.2, -0.15) is 0 Å². The first-order chi connectivity index (χ1) is 10.1. The van der Waals surface area contributed by atoms with E-state index in [0.717, 1.165) is 5.76 Å². The summed E-state index contributed by atoms with van der Waals surface area (Å²) < 4.78 is 6.96. The van der Waals surface area contributed by atoms with Crippen LogP contribution >= 0.6 is 0 Å². The molecule has 0 fully saturated rings. The molecular formula is C16H17N3O2. The highest BCUT2D eigenvalue weighted by Gasteiger charge is 2.12. The molecule has 0 aliphatic heterocycles. The van der Waals surface area contributed by atoms with Gasteiger partial charge < -0.3 is 9.73 Å². The summed E-state index contributed by atoms with van der Waals surface area (Å²) in [4.78, 5) is 17.3. The number of anilines is 1. The van der Waals surface area contributed by atoms with E-state index in [-0.39, 0.29) is 11.6 Å². The second kappa shape index (κ2) is 5.44. The number of benzene rings is 1. The Hall–Kier alpha value is -2.56. The van der Waals surface area contributed by atoms with Crippen LogP contribution in [0, 0.1) is 0 Å². The Morgan fingerprint density at radius 1 is 1.24 bits per heavy atom. The molecule has 1 aromatic carbocycles. The van der Waals surface area contributed by atoms with E-state index in [1.807, 2.05) is 44.2 Å². The Morgan fingerprint density at radius 2 is 2.05 bits per heavy atom. The molecular weight excluding hydrogens is 266 g/mol. The molecule has 5 heteroatoms. The van der Waals surface area contributed by atoms with Crippen LogP contribution in [-0.4, -0.2) is 15.6 Å². The molecule has 0 aliphatic rings. The summed E-state index contributed by atoms with van der Waals surface area (Å²) in [6.07, 6.45) is 1.60. The lowest BCUT2D eigenvalue weighted by molar-refractivity contribution is 0.490. The van der Waals surface area contributed by atoms with Crippen LogP contribution in [0.4, 0.5) is 5.95 Å². The molecule has 0 aliphatic carbocycles. The number of para-hydroxylation sites is 1. The van der Waals surface area contributed by atoms with Crippen molar-refractivity contribution in [2.24, 2.45) is 0 Å². The van der Waals surface area contributed by atoms with Crippen LogP contribution in [0.3, 0.4) is 0 Å². The third-order valence-corrected chi connectivity index (χ3v) is 3.17. The van der Waals surface area contributed by atoms with Gasteiger partial charge in [-0.15, -0.1) is 0 Å². The first-order valence-corrected chi connectivity index (χ1v) is 6.93. The van der Waals surface area contributed by atoms with Crippen LogP contribution in [-0.2, 0) is 6.54 Å². The Labute approximate surface area is 122 Å². The van der Waals surface area contributed by atoms with Gasteiger partial charge >= 0.3 is 0 Å². The van der Waals surface area contributed by atoms with Crippen LogP contribution in [0.15, 0.2) is 51.9 Å². The van der Waals surface area contributed by atoms with E-state index in [1.165, 1.54) is 0 Å². The molecule has 2 heterocycles. The maximum atomic E-state index is 12.7. The molecule has 0 radical (unpaired) electrons. The fourth-order valence-corrected chi connectivity index (χ4v) is 2.24. The van der Waals surface area contributed by atoms with E-state index < -0.39 is 0 Å². The molecule has 0 saturated heterocycles. The van der Waals surface area contributed by atoms with E-state index in [2.05, 4.69) is 10.3 Å². The molecule has 0 bridgehead atoms. The van der Waals surface area contributed by atoms with Crippen molar-refractivity contribution >= 4 is 16.9 Å². The highest BCUT2D eigenvalue weighted by Crippen LogP contribution is 2.14. The average Bonchev–Trinajstić information content (AvgIpc) is 2.95. The molecule has 0 saturated carbocycles. The van der Waals surface area contributed by atoms with Gasteiger partial charge in [0.1, 0.15) is 5.76 Å². The third kappa shape index (κ3) is 2.67. The highest BCUT2D eigenvalue weighted by atomic mass is 16.3. The molecule has 3 rings (SSSR count). The van der Waals surface area contributed by atoms with E-state index in [9.17, 15) is 4.79 Å². The smallest absolute Gasteiger partial charge is 0.263 e. The normalized spacial score (nSPS) is 11.2. The van der Waals surface area contributed by atoms with Crippen molar-refractivity contribution in [2.75, 3.05) is 5.32 Å². The Morgan fingerprint density at radius 3 is 2.76 bits per heavy atom. The molecule has 0 unspecified atom stereocenters. The number of fused-ring (bicyclic) bond motifs is 1. The molecule has 5 nitrogen and oxygen atoms in total. The fraction of sp³-hybridized carbons (Fsp3) is 0.250. The van der Waals surface area contributed by atoms with Crippen molar-refractivity contribution in [1.82, 2.24) is 9.55 Å². The summed E-state index contributed by atoms with van der Waals surface area (Å²) in [6, 6.07) is 11.2. The number of hydrogen-bond acceptors (Lipinski definition) is 4. The van der Waals surface area contributed by atoms with Crippen LogP contribution in [0.2, 0.25) is 0 Å². The van der Waals surface area contributed by atoms with Gasteiger partial charge in [-0.3, -0.25) is 9.36 Å². The minimum Gasteiger partial charge on any atom is -0.467 e. The standard InChI is InChI=1S/C16H17N3O2/c1-11(2)17-16-18-14-8-4-3-7-13(14)15(20)19(16)10-12-6-5-9-21-12/h3-9,11H,10H2,1-2H3,(H,17,18). The van der Waals surface area contributed by atoms with Gasteiger partial charge in [-0.1, -0.05) is 12.1 Å². The summed E-state index contributed by atoms with van der Waals surface area (Å²) >= 11 is 0. The third-order valence-electron chi connectivity index (χ3n) is 3.17. The molecule has 0 spiro atoms. The number of aromatic nitrogens is 2. The van der Waals surface area contributed by atoms with Crippen molar-refractivity contribution in [2.45, 2.75) is 26.4 Å². The Bertz CT molecular complexity index is 804. The maximum absolute atomic E-state index is 12.7. The molecule has 0 atom stereocenters. The molecule has 3 aromatic rings. The van der Waals surface area contributed by atoms with Crippen molar-refractivity contribution in [3.05, 3.63) is 58.8 Å². The number of nitrogens with zero attached hydrogens (tertiary/aromatic N) is 2. The lowest BCUT2D eigenvalue weighted by atomic mass is 10.2. The molecule has 108 valence electrons. The quantitative estimate of drug-likeness (QED) is 0.800. The lowest BCUT2D eigenvalue weighted by Gasteiger charge is -2.16. The zero-order chi connectivity index (χ0) is 14.8. The summed E-state index contributed by atoms with van der Waals surface area (Å²) in [6.45, 7) is 4.38. The van der Waals surface area contributed by atoms with Gasteiger partial charge in [0, 0.05) is 6.04 Å². The fourth-order valence-electron chi connectivity index (χ4n) is 2.24. The van der Waals surface area contributed by atoms with Crippen molar-refractivity contribution in [3.63, 3.8) is 0 Å². The topological polar surface area (TPSA) is 60.1 Å². The van der Waals surface area contributed by atoms with Gasteiger partial charge in [0.2, 0.25) is 5.95 Å². The van der Waals surface area contributed by atoms with E-state index in [4.69, 9.17) is 4.42 Å². The first-order valence-electron chi connectivity index (χ1n) is 6.93. The highest BCUT2D eigenvalue weighted by molar-refractivity contribution is 5.78. The molecule has 1 N–H and O–H groups in total. The van der Waals surface area contributed by atoms with Gasteiger partial charge in [0.25, 0.3) is 5.56 Å². The van der Waals surface area contributed by atoms with Crippen molar-refractivity contribution in [3.8, 4) is 0 Å². The summed E-state index contributed by atoms with van der Waals surface area (Å²) in [5.41, 5.74) is 0.626. The van der Waals surface area contributed by atoms with Gasteiger partial charge in [0.05, 0.1) is 23.7 Å². The zero-order valence-electron chi connectivity index (χ0n) is 12.0. The van der Waals surface area contributed by atoms with E-state index in [0.29, 0.717) is 23.4 Å². The van der Waals surface area contributed by atoms with Gasteiger partial charge in [-0.25, -0.2) is 4.98 Å². The summed E-state index contributed by atoms with van der Waals surface area (Å²) in [5.74, 6) is 1.28. The summed E-state index contributed by atoms with van der Waals surface area (Å²) in [7, 11) is 0. The predicted molar refractivity (Wildman–Crippen MR) is 82.6 cm³/mol. The van der Waals surface area contributed by atoms with E-state index in [1.54, 1.807) is 16.9 Å². The van der Waals surface area contributed by atoms with Crippen molar-refractivity contribution < 1.29 is 4.42 Å². The summed E-state index contributed by atoms with van der Waals surface area (Å²) in [5, 5.41) is 3.84. The second-order valence-electron chi connectivity index (χ2n) is 5.22. The number of furan rings is 1. The number of nitrogens with one attached hydrogen (secondary N) is 1. The second-order valence-corrected chi connectivity index (χ2v) is 5.22. The molecule has 2 aromatic heterocycles. The van der Waals surface area contributed by atoms with Crippen molar-refractivity contribution in [1.29, 1.82) is 0 Å². The Balaban J connectivity index is 2.18. The van der Waals surface area contributed by atoms with Crippen LogP contribution in [0.5, 0.6) is 0 Å². The van der Waals surface area contributed by atoms with Crippen LogP contribution in [0.25, 0.3) is 10.9 Å². The zero-order valence-corrected chi connectivity index (χ0v) is 12.0. The minimum absolute atomic E-state index is 0.0693. The maximum Gasteiger partial charge on any atom is 0.263 e. The van der Waals surface area contributed by atoms with E-state index >= 15 is 0 Å². The number of rotatable bonds is 4. The van der Waals surface area contributed by atoms with Crippen LogP contribution < -0.4 is 10.9 Å². The first kappa shape index (κ1) is 13.4. The monoisotopic (exact) mass is 283 g/mol. The van der Waals surface area contributed by atoms with Gasteiger partial charge in [-0.05, 0) is 38.1 Å². The van der Waals surface area contributed by atoms with Gasteiger partial charge in [0.15, 0.2) is 0 Å². The average molecular weight is 283 g/mol. The Kier molecular flexibility index (Phi) is 3.48. The van der Waals surface area contributed by atoms with Crippen LogP contribution in [0.1, 0.15) is 19.6 Å². The predicted octanol–water partition coefficient (Wildman–Crippen LogP) is 2.86. The molecule has 0 amide bonds. The minimum atomic E-state index is -0.0693. The SMILES string of the molecule is CC(C)Nc1nc2ccccc2c(=O)n1Cc1ccco1.